The zero-order valence-electron chi connectivity index (χ0n) is 35.2. The molecule has 1 nitrogen and oxygen atoms in total. The second kappa shape index (κ2) is 14.0. The van der Waals surface area contributed by atoms with Gasteiger partial charge >= 0.3 is 0 Å². The summed E-state index contributed by atoms with van der Waals surface area (Å²) in [7, 11) is 0. The normalized spacial score (nSPS) is 24.1. The summed E-state index contributed by atoms with van der Waals surface area (Å²) in [6.45, 7) is 5.08. The van der Waals surface area contributed by atoms with Crippen molar-refractivity contribution in [2.45, 2.75) is 82.5 Å². The van der Waals surface area contributed by atoms with Gasteiger partial charge in [-0.3, -0.25) is 0 Å². The molecule has 5 aliphatic carbocycles. The maximum Gasteiger partial charge on any atom is 0.0462 e. The minimum Gasteiger partial charge on any atom is -0.311 e. The molecule has 0 radical (unpaired) electrons. The Labute approximate surface area is 357 Å². The van der Waals surface area contributed by atoms with Crippen molar-refractivity contribution in [3.05, 3.63) is 186 Å². The first-order valence-electron chi connectivity index (χ1n) is 23.1. The highest BCUT2D eigenvalue weighted by Gasteiger charge is 2.56. The quantitative estimate of drug-likeness (QED) is 0.168. The molecule has 0 amide bonds. The van der Waals surface area contributed by atoms with Gasteiger partial charge in [0.1, 0.15) is 0 Å². The van der Waals surface area contributed by atoms with Crippen molar-refractivity contribution in [1.29, 1.82) is 0 Å². The summed E-state index contributed by atoms with van der Waals surface area (Å²) in [5.41, 5.74) is 21.1. The Balaban J connectivity index is 0.884. The highest BCUT2D eigenvalue weighted by molar-refractivity contribution is 5.87. The minimum absolute atomic E-state index is 0.103. The summed E-state index contributed by atoms with van der Waals surface area (Å²) in [4.78, 5) is 2.41. The van der Waals surface area contributed by atoms with E-state index in [-0.39, 0.29) is 10.8 Å². The minimum atomic E-state index is 0.103. The van der Waals surface area contributed by atoms with Crippen LogP contribution in [0.25, 0.3) is 44.5 Å². The van der Waals surface area contributed by atoms with Crippen LogP contribution in [-0.2, 0) is 10.8 Å². The molecule has 3 fully saturated rings. The largest absolute Gasteiger partial charge is 0.311 e. The molecule has 0 heterocycles. The predicted molar refractivity (Wildman–Crippen MR) is 251 cm³/mol. The molecule has 7 aromatic rings. The molecule has 296 valence electrons. The molecular weight excluding hydrogens is 723 g/mol. The molecule has 0 aromatic heterocycles. The smallest absolute Gasteiger partial charge is 0.0462 e. The number of para-hydroxylation sites is 1. The first-order chi connectivity index (χ1) is 29.5. The molecule has 1 heteroatoms. The van der Waals surface area contributed by atoms with Crippen LogP contribution in [0.3, 0.4) is 0 Å². The summed E-state index contributed by atoms with van der Waals surface area (Å²) in [5.74, 6) is 3.02. The third-order valence-electron chi connectivity index (χ3n) is 16.2. The van der Waals surface area contributed by atoms with E-state index in [4.69, 9.17) is 0 Å². The highest BCUT2D eigenvalue weighted by atomic mass is 15.1. The van der Waals surface area contributed by atoms with Gasteiger partial charge in [0.25, 0.3) is 0 Å². The van der Waals surface area contributed by atoms with Crippen LogP contribution in [0.15, 0.2) is 164 Å². The number of nitrogens with zero attached hydrogens (tertiary/aromatic N) is 1. The molecule has 0 saturated heterocycles. The van der Waals surface area contributed by atoms with E-state index in [2.05, 4.69) is 183 Å². The number of fused-ring (bicyclic) bond motifs is 13. The van der Waals surface area contributed by atoms with Crippen LogP contribution in [0.2, 0.25) is 0 Å². The van der Waals surface area contributed by atoms with Crippen LogP contribution in [0.4, 0.5) is 17.1 Å². The van der Waals surface area contributed by atoms with Gasteiger partial charge in [0, 0.05) is 27.9 Å². The van der Waals surface area contributed by atoms with Crippen LogP contribution < -0.4 is 4.90 Å². The van der Waals surface area contributed by atoms with Gasteiger partial charge in [-0.25, -0.2) is 0 Å². The SMILES string of the molecule is CC1CC2CC(C)C3(c4ccccc4-c4ccc(-c5ccc(N(c6ccccc6)c6ccc(-c7ccc8c(c7)C7(CCCCC7)c7ccccc7-8)cc6)cc5)cc43)C(C1)C2. The lowest BCUT2D eigenvalue weighted by Gasteiger charge is -2.54. The Morgan fingerprint density at radius 3 is 1.60 bits per heavy atom. The van der Waals surface area contributed by atoms with E-state index in [1.165, 1.54) is 114 Å². The first kappa shape index (κ1) is 36.2. The topological polar surface area (TPSA) is 3.24 Å². The number of rotatable bonds is 5. The van der Waals surface area contributed by atoms with E-state index >= 15 is 0 Å². The summed E-state index contributed by atoms with van der Waals surface area (Å²) in [6, 6.07) is 62.8. The van der Waals surface area contributed by atoms with E-state index in [0.717, 1.165) is 17.5 Å². The maximum atomic E-state index is 2.60. The standard InChI is InChI=1S/C59H55N/c1-39-33-41-35-40(2)59(46(34-39)36-41)55-18-10-8-16-51(55)53-30-24-45(38-57(53)59)43-21-27-49(28-22-43)60(47-13-5-3-6-14-47)48-25-19-42(20-26-48)44-23-29-52-50-15-7-9-17-54(50)58(56(52)37-44)31-11-4-12-32-58/h3,5-10,13-30,37-41,46H,4,11-12,31-36H2,1-2H3. The van der Waals surface area contributed by atoms with E-state index in [1.54, 1.807) is 22.3 Å². The van der Waals surface area contributed by atoms with Crippen LogP contribution in [0, 0.1) is 23.7 Å². The molecule has 60 heavy (non-hydrogen) atoms. The molecule has 5 unspecified atom stereocenters. The lowest BCUT2D eigenvalue weighted by Crippen LogP contribution is -2.49. The van der Waals surface area contributed by atoms with Gasteiger partial charge in [0.2, 0.25) is 0 Å². The molecular formula is C59H55N. The van der Waals surface area contributed by atoms with Crippen LogP contribution >= 0.6 is 0 Å². The number of hydrogen-bond acceptors (Lipinski definition) is 1. The summed E-state index contributed by atoms with van der Waals surface area (Å²) in [6.07, 6.45) is 11.9. The average Bonchev–Trinajstić information content (AvgIpc) is 3.73. The van der Waals surface area contributed by atoms with Crippen molar-refractivity contribution in [2.75, 3.05) is 4.90 Å². The molecule has 7 aromatic carbocycles. The van der Waals surface area contributed by atoms with Crippen molar-refractivity contribution in [3.63, 3.8) is 0 Å². The van der Waals surface area contributed by atoms with Crippen molar-refractivity contribution in [2.24, 2.45) is 23.7 Å². The Hall–Kier alpha value is -5.66. The number of anilines is 3. The summed E-state index contributed by atoms with van der Waals surface area (Å²) in [5, 5.41) is 0. The zero-order chi connectivity index (χ0) is 40.0. The van der Waals surface area contributed by atoms with Crippen molar-refractivity contribution >= 4 is 17.1 Å². The highest BCUT2D eigenvalue weighted by Crippen LogP contribution is 2.65. The van der Waals surface area contributed by atoms with Crippen molar-refractivity contribution < 1.29 is 0 Å². The van der Waals surface area contributed by atoms with E-state index in [0.29, 0.717) is 11.8 Å². The van der Waals surface area contributed by atoms with Crippen LogP contribution in [-0.4, -0.2) is 0 Å². The monoisotopic (exact) mass is 777 g/mol. The van der Waals surface area contributed by atoms with Crippen molar-refractivity contribution in [3.8, 4) is 44.5 Å². The second-order valence-electron chi connectivity index (χ2n) is 19.4. The molecule has 5 atom stereocenters. The predicted octanol–water partition coefficient (Wildman–Crippen LogP) is 16.1. The summed E-state index contributed by atoms with van der Waals surface area (Å²) < 4.78 is 0. The van der Waals surface area contributed by atoms with E-state index in [9.17, 15) is 0 Å². The second-order valence-corrected chi connectivity index (χ2v) is 19.4. The molecule has 2 bridgehead atoms. The van der Waals surface area contributed by atoms with Gasteiger partial charge in [0.15, 0.2) is 0 Å². The molecule has 5 aliphatic rings. The number of hydrogen-bond donors (Lipinski definition) is 0. The van der Waals surface area contributed by atoms with Gasteiger partial charge in [-0.15, -0.1) is 0 Å². The summed E-state index contributed by atoms with van der Waals surface area (Å²) >= 11 is 0. The van der Waals surface area contributed by atoms with Gasteiger partial charge in [-0.05, 0) is 177 Å². The maximum absolute atomic E-state index is 2.60. The lowest BCUT2D eigenvalue weighted by atomic mass is 9.49. The molecule has 12 rings (SSSR count). The van der Waals surface area contributed by atoms with E-state index < -0.39 is 0 Å². The third-order valence-corrected chi connectivity index (χ3v) is 16.2. The lowest BCUT2D eigenvalue weighted by molar-refractivity contribution is 0.0426. The third kappa shape index (κ3) is 5.37. The number of benzene rings is 7. The average molecular weight is 778 g/mol. The van der Waals surface area contributed by atoms with Gasteiger partial charge < -0.3 is 4.90 Å². The van der Waals surface area contributed by atoms with Crippen molar-refractivity contribution in [1.82, 2.24) is 0 Å². The zero-order valence-corrected chi connectivity index (χ0v) is 35.2. The molecule has 0 N–H and O–H groups in total. The molecule has 2 spiro atoms. The Bertz CT molecular complexity index is 2730. The molecule has 0 aliphatic heterocycles. The Morgan fingerprint density at radius 1 is 0.417 bits per heavy atom. The van der Waals surface area contributed by atoms with Gasteiger partial charge in [-0.2, -0.15) is 0 Å². The molecule has 3 saturated carbocycles. The fourth-order valence-corrected chi connectivity index (χ4v) is 13.9. The van der Waals surface area contributed by atoms with Gasteiger partial charge in [0.05, 0.1) is 0 Å². The van der Waals surface area contributed by atoms with E-state index in [1.807, 2.05) is 0 Å². The van der Waals surface area contributed by atoms with Gasteiger partial charge in [-0.1, -0.05) is 148 Å². The Kier molecular flexibility index (Phi) is 8.42. The first-order valence-corrected chi connectivity index (χ1v) is 23.1. The fraction of sp³-hybridized carbons (Fsp3) is 0.288. The Morgan fingerprint density at radius 2 is 0.933 bits per heavy atom. The fourth-order valence-electron chi connectivity index (χ4n) is 13.9. The van der Waals surface area contributed by atoms with Crippen LogP contribution in [0.1, 0.15) is 93.9 Å². The van der Waals surface area contributed by atoms with Crippen LogP contribution in [0.5, 0.6) is 0 Å².